The SMILES string of the molecule is C#CC1C[C@H](N(C)C[C@H](NC(=O)OC(C)(C)C)C(=O)N2CCCC2C#N)C(=O)N1C(C)c1cccc(C(=O)NC)c1. The van der Waals surface area contributed by atoms with E-state index in [1.54, 1.807) is 62.9 Å². The lowest BCUT2D eigenvalue weighted by molar-refractivity contribution is -0.137. The summed E-state index contributed by atoms with van der Waals surface area (Å²) in [6.45, 7) is 7.44. The van der Waals surface area contributed by atoms with Gasteiger partial charge in [0.2, 0.25) is 11.8 Å². The van der Waals surface area contributed by atoms with Gasteiger partial charge in [-0.05, 0) is 65.3 Å². The third-order valence-electron chi connectivity index (χ3n) is 7.47. The van der Waals surface area contributed by atoms with E-state index in [1.165, 1.54) is 4.90 Å². The highest BCUT2D eigenvalue weighted by molar-refractivity contribution is 5.94. The second kappa shape index (κ2) is 13.0. The lowest BCUT2D eigenvalue weighted by atomic mass is 10.0. The number of alkyl carbamates (subject to hydrolysis) is 1. The zero-order valence-corrected chi connectivity index (χ0v) is 24.6. The van der Waals surface area contributed by atoms with Crippen molar-refractivity contribution >= 4 is 23.8 Å². The van der Waals surface area contributed by atoms with Crippen molar-refractivity contribution in [1.29, 1.82) is 5.26 Å². The number of carbonyl (C=O) groups excluding carboxylic acids is 4. The molecule has 0 bridgehead atoms. The zero-order valence-electron chi connectivity index (χ0n) is 24.6. The first kappa shape index (κ1) is 31.4. The third-order valence-corrected chi connectivity index (χ3v) is 7.47. The molecule has 1 aromatic rings. The predicted octanol–water partition coefficient (Wildman–Crippen LogP) is 2.05. The van der Waals surface area contributed by atoms with E-state index in [1.807, 2.05) is 13.0 Å². The van der Waals surface area contributed by atoms with Crippen molar-refractivity contribution in [1.82, 2.24) is 25.3 Å². The number of nitrogens with one attached hydrogen (secondary N) is 2. The largest absolute Gasteiger partial charge is 0.444 e. The number of likely N-dealkylation sites (tertiary alicyclic amines) is 2. The Kier molecular flexibility index (Phi) is 10.0. The highest BCUT2D eigenvalue weighted by Crippen LogP contribution is 2.32. The van der Waals surface area contributed by atoms with Gasteiger partial charge in [0.1, 0.15) is 17.7 Å². The quantitative estimate of drug-likeness (QED) is 0.462. The summed E-state index contributed by atoms with van der Waals surface area (Å²) in [7, 11) is 3.26. The summed E-state index contributed by atoms with van der Waals surface area (Å²) in [5, 5.41) is 14.8. The zero-order chi connectivity index (χ0) is 30.5. The average Bonchev–Trinajstić information content (AvgIpc) is 3.54. The molecule has 0 aromatic heterocycles. The van der Waals surface area contributed by atoms with Gasteiger partial charge in [0, 0.05) is 32.1 Å². The van der Waals surface area contributed by atoms with Crippen molar-refractivity contribution < 1.29 is 23.9 Å². The number of terminal acetylenes is 1. The standard InChI is InChI=1S/C30H40N6O5/c1-8-22-16-25(28(39)36(22)19(2)20-11-9-12-21(15-20)26(37)32-6)34(7)18-24(33-29(40)41-30(3,4)5)27(38)35-14-10-13-23(35)17-31/h1,9,11-12,15,19,22-25H,10,13-14,16,18H2,2-7H3,(H,32,37)(H,33,40)/t19?,22?,23?,24-,25-/m0/s1. The first-order valence-corrected chi connectivity index (χ1v) is 13.8. The fraction of sp³-hybridized carbons (Fsp3) is 0.567. The maximum atomic E-state index is 13.8. The summed E-state index contributed by atoms with van der Waals surface area (Å²) in [6.07, 6.45) is 6.68. The van der Waals surface area contributed by atoms with E-state index in [4.69, 9.17) is 11.2 Å². The Morgan fingerprint density at radius 2 is 1.98 bits per heavy atom. The van der Waals surface area contributed by atoms with Gasteiger partial charge in [0.25, 0.3) is 5.91 Å². The van der Waals surface area contributed by atoms with Crippen LogP contribution >= 0.6 is 0 Å². The molecule has 11 nitrogen and oxygen atoms in total. The molecule has 3 unspecified atom stereocenters. The van der Waals surface area contributed by atoms with E-state index in [0.717, 1.165) is 5.56 Å². The number of nitriles is 1. The normalized spacial score (nSPS) is 22.1. The van der Waals surface area contributed by atoms with Gasteiger partial charge in [0.15, 0.2) is 0 Å². The molecular formula is C30H40N6O5. The third kappa shape index (κ3) is 7.36. The van der Waals surface area contributed by atoms with Crippen LogP contribution in [0.4, 0.5) is 4.79 Å². The molecule has 5 atom stereocenters. The van der Waals surface area contributed by atoms with Crippen LogP contribution < -0.4 is 10.6 Å². The number of benzene rings is 1. The molecule has 0 spiro atoms. The van der Waals surface area contributed by atoms with Crippen molar-refractivity contribution in [3.05, 3.63) is 35.4 Å². The molecule has 2 aliphatic heterocycles. The van der Waals surface area contributed by atoms with Crippen LogP contribution in [-0.4, -0.2) is 95.5 Å². The molecule has 0 aliphatic carbocycles. The van der Waals surface area contributed by atoms with Gasteiger partial charge < -0.3 is 25.2 Å². The summed E-state index contributed by atoms with van der Waals surface area (Å²) in [5.74, 6) is 1.87. The summed E-state index contributed by atoms with van der Waals surface area (Å²) < 4.78 is 5.39. The number of carbonyl (C=O) groups is 4. The van der Waals surface area contributed by atoms with E-state index in [9.17, 15) is 24.4 Å². The first-order chi connectivity index (χ1) is 19.3. The highest BCUT2D eigenvalue weighted by atomic mass is 16.6. The Labute approximate surface area is 242 Å². The van der Waals surface area contributed by atoms with Crippen molar-refractivity contribution in [2.24, 2.45) is 0 Å². The summed E-state index contributed by atoms with van der Waals surface area (Å²) in [4.78, 5) is 57.0. The van der Waals surface area contributed by atoms with Crippen molar-refractivity contribution in [2.45, 2.75) is 82.8 Å². The summed E-state index contributed by atoms with van der Waals surface area (Å²) in [6, 6.07) is 6.01. The molecule has 2 fully saturated rings. The fourth-order valence-electron chi connectivity index (χ4n) is 5.39. The molecule has 3 rings (SSSR count). The lowest BCUT2D eigenvalue weighted by Crippen LogP contribution is -2.56. The molecule has 0 radical (unpaired) electrons. The van der Waals surface area contributed by atoms with Crippen LogP contribution in [0.2, 0.25) is 0 Å². The molecule has 2 N–H and O–H groups in total. The van der Waals surface area contributed by atoms with Crippen LogP contribution in [0.15, 0.2) is 24.3 Å². The number of likely N-dealkylation sites (N-methyl/N-ethyl adjacent to an activating group) is 1. The van der Waals surface area contributed by atoms with Gasteiger partial charge in [-0.15, -0.1) is 6.42 Å². The minimum atomic E-state index is -1.04. The second-order valence-corrected chi connectivity index (χ2v) is 11.5. The Morgan fingerprint density at radius 3 is 2.59 bits per heavy atom. The average molecular weight is 565 g/mol. The highest BCUT2D eigenvalue weighted by Gasteiger charge is 2.45. The number of rotatable bonds is 8. The van der Waals surface area contributed by atoms with E-state index in [2.05, 4.69) is 22.6 Å². The monoisotopic (exact) mass is 564 g/mol. The molecule has 220 valence electrons. The van der Waals surface area contributed by atoms with E-state index < -0.39 is 47.8 Å². The van der Waals surface area contributed by atoms with Crippen LogP contribution in [0.1, 0.15) is 68.9 Å². The van der Waals surface area contributed by atoms with Crippen molar-refractivity contribution in [3.8, 4) is 18.4 Å². The number of amides is 4. The Balaban J connectivity index is 1.82. The first-order valence-electron chi connectivity index (χ1n) is 13.8. The van der Waals surface area contributed by atoms with Gasteiger partial charge in [-0.2, -0.15) is 5.26 Å². The molecule has 2 aliphatic rings. The Morgan fingerprint density at radius 1 is 1.27 bits per heavy atom. The predicted molar refractivity (Wildman–Crippen MR) is 152 cm³/mol. The molecule has 2 heterocycles. The molecule has 41 heavy (non-hydrogen) atoms. The van der Waals surface area contributed by atoms with Crippen LogP contribution in [0, 0.1) is 23.7 Å². The minimum Gasteiger partial charge on any atom is -0.444 e. The van der Waals surface area contributed by atoms with Gasteiger partial charge in [-0.3, -0.25) is 19.3 Å². The maximum Gasteiger partial charge on any atom is 0.408 e. The van der Waals surface area contributed by atoms with Crippen LogP contribution in [0.3, 0.4) is 0 Å². The molecular weight excluding hydrogens is 524 g/mol. The van der Waals surface area contributed by atoms with Crippen LogP contribution in [0.25, 0.3) is 0 Å². The Bertz CT molecular complexity index is 1240. The number of nitrogens with zero attached hydrogens (tertiary/aromatic N) is 4. The van der Waals surface area contributed by atoms with Crippen molar-refractivity contribution in [3.63, 3.8) is 0 Å². The van der Waals surface area contributed by atoms with Crippen LogP contribution in [0.5, 0.6) is 0 Å². The van der Waals surface area contributed by atoms with E-state index in [0.29, 0.717) is 31.4 Å². The number of hydrogen-bond acceptors (Lipinski definition) is 7. The maximum absolute atomic E-state index is 13.8. The molecule has 1 aromatic carbocycles. The molecule has 11 heteroatoms. The minimum absolute atomic E-state index is 0.00873. The molecule has 0 saturated carbocycles. The van der Waals surface area contributed by atoms with E-state index >= 15 is 0 Å². The Hall–Kier alpha value is -4.09. The number of hydrogen-bond donors (Lipinski definition) is 2. The molecule has 4 amide bonds. The van der Waals surface area contributed by atoms with Gasteiger partial charge in [-0.25, -0.2) is 4.79 Å². The van der Waals surface area contributed by atoms with Gasteiger partial charge in [0.05, 0.1) is 24.2 Å². The fourth-order valence-corrected chi connectivity index (χ4v) is 5.39. The van der Waals surface area contributed by atoms with Gasteiger partial charge >= 0.3 is 6.09 Å². The smallest absolute Gasteiger partial charge is 0.408 e. The topological polar surface area (TPSA) is 135 Å². The lowest BCUT2D eigenvalue weighted by Gasteiger charge is -2.32. The van der Waals surface area contributed by atoms with Gasteiger partial charge in [-0.1, -0.05) is 18.1 Å². The molecule has 2 saturated heterocycles. The summed E-state index contributed by atoms with van der Waals surface area (Å²) in [5.41, 5.74) is 0.459. The van der Waals surface area contributed by atoms with Crippen LogP contribution in [-0.2, 0) is 14.3 Å². The van der Waals surface area contributed by atoms with E-state index in [-0.39, 0.29) is 18.4 Å². The second-order valence-electron chi connectivity index (χ2n) is 11.5. The summed E-state index contributed by atoms with van der Waals surface area (Å²) >= 11 is 0. The number of ether oxygens (including phenoxy) is 1. The van der Waals surface area contributed by atoms with Crippen molar-refractivity contribution in [2.75, 3.05) is 27.2 Å².